The van der Waals surface area contributed by atoms with Crippen LogP contribution in [0.15, 0.2) is 64.9 Å². The normalized spacial score (nSPS) is 11.3. The zero-order chi connectivity index (χ0) is 17.9. The van der Waals surface area contributed by atoms with Crippen molar-refractivity contribution in [1.82, 2.24) is 0 Å². The van der Waals surface area contributed by atoms with Crippen LogP contribution in [0.3, 0.4) is 0 Å². The summed E-state index contributed by atoms with van der Waals surface area (Å²) in [5, 5.41) is 3.34. The second-order valence-electron chi connectivity index (χ2n) is 5.89. The monoisotopic (exact) mass is 372 g/mol. The number of aryl methyl sites for hydroxylation is 2. The van der Waals surface area contributed by atoms with E-state index in [1.54, 1.807) is 24.3 Å². The molecular weight excluding hydrogens is 352 g/mol. The molecule has 0 aliphatic heterocycles. The van der Waals surface area contributed by atoms with Gasteiger partial charge in [-0.2, -0.15) is 0 Å². The van der Waals surface area contributed by atoms with Crippen molar-refractivity contribution in [2.24, 2.45) is 0 Å². The van der Waals surface area contributed by atoms with E-state index in [1.807, 2.05) is 25.1 Å². The first-order valence-corrected chi connectivity index (χ1v) is 10.2. The number of nitrogens with one attached hydrogen (secondary N) is 2. The largest absolute Gasteiger partial charge is 0.381 e. The summed E-state index contributed by atoms with van der Waals surface area (Å²) in [5.74, 6) is 0. The first-order valence-electron chi connectivity index (χ1n) is 7.91. The summed E-state index contributed by atoms with van der Waals surface area (Å²) in [6.07, 6.45) is 0. The molecule has 3 rings (SSSR count). The van der Waals surface area contributed by atoms with Crippen LogP contribution < -0.4 is 10.0 Å². The quantitative estimate of drug-likeness (QED) is 0.655. The Labute approximate surface area is 152 Å². The predicted octanol–water partition coefficient (Wildman–Crippen LogP) is 4.78. The Bertz CT molecular complexity index is 961. The maximum Gasteiger partial charge on any atom is 0.271 e. The van der Waals surface area contributed by atoms with Gasteiger partial charge < -0.3 is 5.32 Å². The van der Waals surface area contributed by atoms with Gasteiger partial charge in [-0.25, -0.2) is 8.42 Å². The Morgan fingerprint density at radius 3 is 2.28 bits per heavy atom. The summed E-state index contributed by atoms with van der Waals surface area (Å²) in [6.45, 7) is 4.68. The van der Waals surface area contributed by atoms with Crippen LogP contribution in [-0.4, -0.2) is 8.42 Å². The van der Waals surface area contributed by atoms with E-state index in [-0.39, 0.29) is 0 Å². The van der Waals surface area contributed by atoms with Gasteiger partial charge in [-0.15, -0.1) is 11.3 Å². The second-order valence-corrected chi connectivity index (χ2v) is 9.09. The van der Waals surface area contributed by atoms with Crippen LogP contribution in [0.1, 0.15) is 16.0 Å². The Hall–Kier alpha value is -2.31. The van der Waals surface area contributed by atoms with Gasteiger partial charge in [0.15, 0.2) is 0 Å². The van der Waals surface area contributed by atoms with Crippen molar-refractivity contribution >= 4 is 32.7 Å². The van der Waals surface area contributed by atoms with Gasteiger partial charge in [-0.1, -0.05) is 29.8 Å². The van der Waals surface area contributed by atoms with Crippen LogP contribution in [0, 0.1) is 13.8 Å². The molecule has 1 aromatic heterocycles. The molecule has 0 saturated heterocycles. The summed E-state index contributed by atoms with van der Waals surface area (Å²) in [5.41, 5.74) is 3.93. The molecule has 0 aliphatic carbocycles. The van der Waals surface area contributed by atoms with E-state index in [0.29, 0.717) is 9.90 Å². The molecule has 4 nitrogen and oxygen atoms in total. The van der Waals surface area contributed by atoms with Gasteiger partial charge in [-0.3, -0.25) is 4.72 Å². The molecule has 0 unspecified atom stereocenters. The number of thiophene rings is 1. The van der Waals surface area contributed by atoms with Crippen LogP contribution in [0.2, 0.25) is 0 Å². The maximum atomic E-state index is 12.3. The number of rotatable bonds is 6. The van der Waals surface area contributed by atoms with E-state index >= 15 is 0 Å². The zero-order valence-corrected chi connectivity index (χ0v) is 15.7. The van der Waals surface area contributed by atoms with Crippen molar-refractivity contribution in [3.63, 3.8) is 0 Å². The van der Waals surface area contributed by atoms with Gasteiger partial charge in [0, 0.05) is 22.8 Å². The fourth-order valence-corrected chi connectivity index (χ4v) is 4.79. The number of benzene rings is 2. The van der Waals surface area contributed by atoms with Crippen LogP contribution in [-0.2, 0) is 16.6 Å². The van der Waals surface area contributed by atoms with E-state index in [2.05, 4.69) is 35.2 Å². The highest BCUT2D eigenvalue weighted by Crippen LogP contribution is 2.24. The molecule has 0 spiro atoms. The maximum absolute atomic E-state index is 12.3. The van der Waals surface area contributed by atoms with Crippen LogP contribution in [0.4, 0.5) is 11.4 Å². The van der Waals surface area contributed by atoms with E-state index in [0.717, 1.165) is 17.1 Å². The highest BCUT2D eigenvalue weighted by molar-refractivity contribution is 7.94. The smallest absolute Gasteiger partial charge is 0.271 e. The van der Waals surface area contributed by atoms with Gasteiger partial charge in [0.05, 0.1) is 0 Å². The molecule has 2 N–H and O–H groups in total. The molecule has 0 amide bonds. The van der Waals surface area contributed by atoms with Gasteiger partial charge in [0.2, 0.25) is 0 Å². The number of hydrogen-bond acceptors (Lipinski definition) is 4. The molecule has 6 heteroatoms. The molecule has 0 atom stereocenters. The van der Waals surface area contributed by atoms with Gasteiger partial charge in [0.25, 0.3) is 10.0 Å². The van der Waals surface area contributed by atoms with Crippen molar-refractivity contribution in [3.05, 3.63) is 76.7 Å². The molecule has 2 aromatic carbocycles. The highest BCUT2D eigenvalue weighted by atomic mass is 32.2. The fraction of sp³-hybridized carbons (Fsp3) is 0.158. The summed E-state index contributed by atoms with van der Waals surface area (Å²) in [4.78, 5) is 0.969. The summed E-state index contributed by atoms with van der Waals surface area (Å²) < 4.78 is 27.6. The molecule has 1 heterocycles. The summed E-state index contributed by atoms with van der Waals surface area (Å²) in [7, 11) is -3.52. The highest BCUT2D eigenvalue weighted by Gasteiger charge is 2.16. The van der Waals surface area contributed by atoms with E-state index in [9.17, 15) is 8.42 Å². The lowest BCUT2D eigenvalue weighted by molar-refractivity contribution is 0.603. The third kappa shape index (κ3) is 4.61. The SMILES string of the molecule is Cc1cccc(CNc2ccc(NS(=O)(=O)c3ccc(C)s3)cc2)c1. The van der Waals surface area contributed by atoms with Crippen molar-refractivity contribution in [1.29, 1.82) is 0 Å². The van der Waals surface area contributed by atoms with Crippen molar-refractivity contribution in [3.8, 4) is 0 Å². The Kier molecular flexibility index (Phi) is 5.11. The predicted molar refractivity (Wildman–Crippen MR) is 105 cm³/mol. The fourth-order valence-electron chi connectivity index (χ4n) is 2.44. The van der Waals surface area contributed by atoms with Crippen molar-refractivity contribution < 1.29 is 8.42 Å². The third-order valence-corrected chi connectivity index (χ3v) is 6.57. The molecule has 0 bridgehead atoms. The number of anilines is 2. The molecule has 0 aliphatic rings. The molecule has 25 heavy (non-hydrogen) atoms. The van der Waals surface area contributed by atoms with Gasteiger partial charge in [0.1, 0.15) is 4.21 Å². The van der Waals surface area contributed by atoms with E-state index in [4.69, 9.17) is 0 Å². The number of hydrogen-bond donors (Lipinski definition) is 2. The second kappa shape index (κ2) is 7.29. The lowest BCUT2D eigenvalue weighted by atomic mass is 10.1. The Balaban J connectivity index is 1.64. The Morgan fingerprint density at radius 1 is 0.920 bits per heavy atom. The first kappa shape index (κ1) is 17.5. The first-order chi connectivity index (χ1) is 11.9. The minimum atomic E-state index is -3.52. The van der Waals surface area contributed by atoms with Crippen molar-refractivity contribution in [2.45, 2.75) is 24.6 Å². The zero-order valence-electron chi connectivity index (χ0n) is 14.1. The van der Waals surface area contributed by atoms with E-state index in [1.165, 1.54) is 22.5 Å². The molecular formula is C19H20N2O2S2. The lowest BCUT2D eigenvalue weighted by Crippen LogP contribution is -2.11. The van der Waals surface area contributed by atoms with E-state index < -0.39 is 10.0 Å². The average Bonchev–Trinajstić information content (AvgIpc) is 3.02. The standard InChI is InChI=1S/C19H20N2O2S2/c1-14-4-3-5-16(12-14)13-20-17-7-9-18(10-8-17)21-25(22,23)19-11-6-15(2)24-19/h3-12,20-21H,13H2,1-2H3. The van der Waals surface area contributed by atoms with Crippen molar-refractivity contribution in [2.75, 3.05) is 10.0 Å². The number of sulfonamides is 1. The third-order valence-electron chi connectivity index (χ3n) is 3.70. The summed E-state index contributed by atoms with van der Waals surface area (Å²) >= 11 is 1.26. The van der Waals surface area contributed by atoms with Gasteiger partial charge >= 0.3 is 0 Å². The van der Waals surface area contributed by atoms with Crippen LogP contribution in [0.5, 0.6) is 0 Å². The molecule has 3 aromatic rings. The molecule has 0 saturated carbocycles. The lowest BCUT2D eigenvalue weighted by Gasteiger charge is -2.10. The topological polar surface area (TPSA) is 58.2 Å². The van der Waals surface area contributed by atoms with Gasteiger partial charge in [-0.05, 0) is 55.8 Å². The Morgan fingerprint density at radius 2 is 1.64 bits per heavy atom. The average molecular weight is 373 g/mol. The molecule has 0 fully saturated rings. The minimum absolute atomic E-state index is 0.326. The molecule has 0 radical (unpaired) electrons. The van der Waals surface area contributed by atoms with Crippen LogP contribution >= 0.6 is 11.3 Å². The molecule has 130 valence electrons. The summed E-state index contributed by atoms with van der Waals surface area (Å²) in [6, 6.07) is 19.0. The van der Waals surface area contributed by atoms with Crippen LogP contribution in [0.25, 0.3) is 0 Å². The minimum Gasteiger partial charge on any atom is -0.381 e.